The van der Waals surface area contributed by atoms with Crippen molar-refractivity contribution in [2.24, 2.45) is 0 Å². The number of aliphatic carboxylic acids is 1. The number of rotatable bonds is 11. The van der Waals surface area contributed by atoms with Crippen molar-refractivity contribution in [3.05, 3.63) is 52.1 Å². The van der Waals surface area contributed by atoms with E-state index in [1.165, 1.54) is 0 Å². The minimum absolute atomic E-state index is 0.0251. The number of nitrogens with one attached hydrogen (secondary N) is 2. The molecule has 0 aliphatic carbocycles. The number of nitrogens with zero attached hydrogens (tertiary/aromatic N) is 2. The van der Waals surface area contributed by atoms with Gasteiger partial charge in [-0.25, -0.2) is 4.79 Å². The lowest BCUT2D eigenvalue weighted by Gasteiger charge is -2.31. The number of ether oxygens (including phenoxy) is 2. The lowest BCUT2D eigenvalue weighted by molar-refractivity contribution is -0.145. The molecule has 2 aliphatic rings. The molecule has 1 amide bonds. The van der Waals surface area contributed by atoms with Gasteiger partial charge in [-0.15, -0.1) is 0 Å². The highest BCUT2D eigenvalue weighted by molar-refractivity contribution is 6.08. The summed E-state index contributed by atoms with van der Waals surface area (Å²) < 4.78 is 11.9. The van der Waals surface area contributed by atoms with Crippen molar-refractivity contribution in [3.63, 3.8) is 0 Å². The Morgan fingerprint density at radius 1 is 1.10 bits per heavy atom. The molecule has 10 nitrogen and oxygen atoms in total. The minimum atomic E-state index is -1.02. The van der Waals surface area contributed by atoms with Crippen LogP contribution in [0.25, 0.3) is 0 Å². The second-order valence-corrected chi connectivity index (χ2v) is 11.8. The minimum Gasteiger partial charge on any atom is -0.493 e. The molecule has 2 aliphatic heterocycles. The van der Waals surface area contributed by atoms with Gasteiger partial charge in [-0.1, -0.05) is 27.7 Å². The third-order valence-corrected chi connectivity index (χ3v) is 7.80. The lowest BCUT2D eigenvalue weighted by atomic mass is 9.84. The maximum absolute atomic E-state index is 13.9. The summed E-state index contributed by atoms with van der Waals surface area (Å²) in [7, 11) is 1.55. The lowest BCUT2D eigenvalue weighted by Crippen LogP contribution is -2.32. The van der Waals surface area contributed by atoms with Crippen LogP contribution in [0, 0.1) is 5.41 Å². The maximum Gasteiger partial charge on any atom is 0.344 e. The van der Waals surface area contributed by atoms with Crippen LogP contribution < -0.4 is 19.7 Å². The highest BCUT2D eigenvalue weighted by atomic mass is 16.5. The van der Waals surface area contributed by atoms with Crippen LogP contribution in [-0.2, 0) is 16.8 Å². The van der Waals surface area contributed by atoms with Gasteiger partial charge in [0, 0.05) is 43.4 Å². The number of anilines is 1. The first-order valence-electron chi connectivity index (χ1n) is 14.6. The van der Waals surface area contributed by atoms with Crippen molar-refractivity contribution in [1.29, 1.82) is 5.41 Å². The Morgan fingerprint density at radius 2 is 1.79 bits per heavy atom. The monoisotopic (exact) mass is 578 g/mol. The quantitative estimate of drug-likeness (QED) is 0.330. The molecule has 2 heterocycles. The highest BCUT2D eigenvalue weighted by Crippen LogP contribution is 2.42. The summed E-state index contributed by atoms with van der Waals surface area (Å²) in [6.45, 7) is 12.0. The van der Waals surface area contributed by atoms with Crippen LogP contribution in [0.1, 0.15) is 91.3 Å². The van der Waals surface area contributed by atoms with Gasteiger partial charge < -0.3 is 29.7 Å². The Labute approximate surface area is 247 Å². The maximum atomic E-state index is 13.9. The average molecular weight is 579 g/mol. The summed E-state index contributed by atoms with van der Waals surface area (Å²) >= 11 is 0. The number of carboxylic acid groups (broad SMARTS) is 1. The predicted octanol–water partition coefficient (Wildman–Crippen LogP) is 4.61. The number of carbonyl (C=O) groups is 3. The molecule has 226 valence electrons. The van der Waals surface area contributed by atoms with Gasteiger partial charge in [-0.3, -0.25) is 15.0 Å². The Bertz CT molecular complexity index is 1390. The van der Waals surface area contributed by atoms with E-state index in [1.54, 1.807) is 31.0 Å². The summed E-state index contributed by atoms with van der Waals surface area (Å²) in [5.41, 5.74) is 3.33. The molecule has 1 unspecified atom stereocenters. The molecule has 0 saturated carbocycles. The summed E-state index contributed by atoms with van der Waals surface area (Å²) in [4.78, 5) is 42.1. The SMILES string of the molecule is CCOc1cc2c(cc1C(=O)NC)C(=N)N(CC(=O)c1cc(N3CCCC3)c(OC(CC)C(=O)O)c(C(C)(C)C)c1)C2. The number of carbonyl (C=O) groups excluding carboxylic acids is 2. The molecule has 2 aromatic rings. The summed E-state index contributed by atoms with van der Waals surface area (Å²) in [6, 6.07) is 7.07. The van der Waals surface area contributed by atoms with Gasteiger partial charge in [-0.05, 0) is 61.4 Å². The van der Waals surface area contributed by atoms with Crippen LogP contribution in [0.15, 0.2) is 24.3 Å². The third kappa shape index (κ3) is 6.22. The molecule has 42 heavy (non-hydrogen) atoms. The molecule has 2 aromatic carbocycles. The third-order valence-electron chi connectivity index (χ3n) is 7.80. The second kappa shape index (κ2) is 12.4. The smallest absolute Gasteiger partial charge is 0.344 e. The van der Waals surface area contributed by atoms with Crippen molar-refractivity contribution in [2.75, 3.05) is 38.2 Å². The number of amides is 1. The first-order valence-corrected chi connectivity index (χ1v) is 14.6. The zero-order chi connectivity index (χ0) is 30.8. The number of benzene rings is 2. The van der Waals surface area contributed by atoms with E-state index >= 15 is 0 Å². The van der Waals surface area contributed by atoms with E-state index < -0.39 is 17.5 Å². The predicted molar refractivity (Wildman–Crippen MR) is 162 cm³/mol. The molecule has 10 heteroatoms. The van der Waals surface area contributed by atoms with Crippen LogP contribution in [0.2, 0.25) is 0 Å². The van der Waals surface area contributed by atoms with Crippen LogP contribution in [0.5, 0.6) is 11.5 Å². The van der Waals surface area contributed by atoms with Gasteiger partial charge in [0.15, 0.2) is 11.9 Å². The molecular weight excluding hydrogens is 536 g/mol. The van der Waals surface area contributed by atoms with Gasteiger partial charge in [-0.2, -0.15) is 0 Å². The van der Waals surface area contributed by atoms with Gasteiger partial charge in [0.05, 0.1) is 24.4 Å². The normalized spacial score (nSPS) is 15.4. The molecule has 1 atom stereocenters. The molecule has 0 spiro atoms. The van der Waals surface area contributed by atoms with Gasteiger partial charge in [0.1, 0.15) is 17.3 Å². The van der Waals surface area contributed by atoms with Crippen molar-refractivity contribution in [2.45, 2.75) is 71.9 Å². The molecule has 0 bridgehead atoms. The molecule has 1 fully saturated rings. The number of amidine groups is 1. The first-order chi connectivity index (χ1) is 19.9. The standard InChI is InChI=1S/C32H42N4O6/c1-7-26(31(39)40)42-28-23(32(3,4)5)13-19(14-24(28)35-11-9-10-12-35)25(37)18-36-17-20-15-27(41-8-2)22(30(38)34-6)16-21(20)29(36)33/h13-16,26,33H,7-12,17-18H2,1-6H3,(H,34,38)(H,39,40). The molecular formula is C32H42N4O6. The molecule has 1 saturated heterocycles. The van der Waals surface area contributed by atoms with E-state index in [0.29, 0.717) is 47.8 Å². The van der Waals surface area contributed by atoms with Crippen molar-refractivity contribution >= 4 is 29.2 Å². The molecule has 0 aromatic heterocycles. The molecule has 4 rings (SSSR count). The number of hydrogen-bond acceptors (Lipinski definition) is 7. The fraction of sp³-hybridized carbons (Fsp3) is 0.500. The topological polar surface area (TPSA) is 132 Å². The fourth-order valence-electron chi connectivity index (χ4n) is 5.51. The van der Waals surface area contributed by atoms with Crippen LogP contribution >= 0.6 is 0 Å². The highest BCUT2D eigenvalue weighted by Gasteiger charge is 2.33. The Kier molecular flexibility index (Phi) is 9.13. The number of ketones is 1. The van der Waals surface area contributed by atoms with Gasteiger partial charge in [0.25, 0.3) is 5.91 Å². The fourth-order valence-corrected chi connectivity index (χ4v) is 5.51. The number of Topliss-reactive ketones (excluding diaryl/α,β-unsaturated/α-hetero) is 1. The van der Waals surface area contributed by atoms with Crippen LogP contribution in [0.3, 0.4) is 0 Å². The van der Waals surface area contributed by atoms with E-state index in [4.69, 9.17) is 14.9 Å². The van der Waals surface area contributed by atoms with E-state index in [0.717, 1.165) is 42.7 Å². The molecule has 0 radical (unpaired) electrons. The van der Waals surface area contributed by atoms with Crippen molar-refractivity contribution in [1.82, 2.24) is 10.2 Å². The summed E-state index contributed by atoms with van der Waals surface area (Å²) in [5, 5.41) is 21.2. The zero-order valence-corrected chi connectivity index (χ0v) is 25.4. The average Bonchev–Trinajstić information content (AvgIpc) is 3.58. The summed E-state index contributed by atoms with van der Waals surface area (Å²) in [6.07, 6.45) is 1.31. The summed E-state index contributed by atoms with van der Waals surface area (Å²) in [5.74, 6) is -0.348. The van der Waals surface area contributed by atoms with Gasteiger partial charge in [0.2, 0.25) is 0 Å². The van der Waals surface area contributed by atoms with E-state index in [1.807, 2.05) is 39.8 Å². The van der Waals surface area contributed by atoms with Crippen molar-refractivity contribution < 1.29 is 29.0 Å². The van der Waals surface area contributed by atoms with Crippen LogP contribution in [-0.4, -0.2) is 72.9 Å². The Hall–Kier alpha value is -4.08. The molecule has 3 N–H and O–H groups in total. The largest absolute Gasteiger partial charge is 0.493 e. The zero-order valence-electron chi connectivity index (χ0n) is 25.4. The van der Waals surface area contributed by atoms with E-state index in [9.17, 15) is 19.5 Å². The Morgan fingerprint density at radius 3 is 2.36 bits per heavy atom. The van der Waals surface area contributed by atoms with E-state index in [-0.39, 0.29) is 24.1 Å². The van der Waals surface area contributed by atoms with Crippen molar-refractivity contribution in [3.8, 4) is 11.5 Å². The second-order valence-electron chi connectivity index (χ2n) is 11.8. The van der Waals surface area contributed by atoms with E-state index in [2.05, 4.69) is 10.2 Å². The Balaban J connectivity index is 1.70. The van der Waals surface area contributed by atoms with Gasteiger partial charge >= 0.3 is 5.97 Å². The van der Waals surface area contributed by atoms with Crippen LogP contribution in [0.4, 0.5) is 5.69 Å². The number of fused-ring (bicyclic) bond motifs is 1. The number of carboxylic acids is 1. The first kappa shape index (κ1) is 30.9. The number of hydrogen-bond donors (Lipinski definition) is 3.